The summed E-state index contributed by atoms with van der Waals surface area (Å²) in [6.45, 7) is 0.698. The van der Waals surface area contributed by atoms with Crippen LogP contribution in [0.1, 0.15) is 16.7 Å². The summed E-state index contributed by atoms with van der Waals surface area (Å²) in [5.41, 5.74) is 8.24. The van der Waals surface area contributed by atoms with E-state index in [0.29, 0.717) is 18.9 Å². The molecule has 0 saturated heterocycles. The Bertz CT molecular complexity index is 643. The standard InChI is InChI=1S/C16H16BrNO3/c17-14-5-6-15(13(7-14)9-18)21-10-12-4-2-1-3-11(12)8-16(19)20/h1-7H,8-10,18H2,(H,19,20). The number of halogens is 1. The summed E-state index contributed by atoms with van der Waals surface area (Å²) in [5, 5.41) is 8.93. The van der Waals surface area contributed by atoms with Crippen molar-refractivity contribution in [1.29, 1.82) is 0 Å². The van der Waals surface area contributed by atoms with Gasteiger partial charge in [0.2, 0.25) is 0 Å². The smallest absolute Gasteiger partial charge is 0.307 e. The molecule has 0 fully saturated rings. The molecule has 0 heterocycles. The molecule has 3 N–H and O–H groups in total. The first-order valence-electron chi connectivity index (χ1n) is 6.50. The molecular formula is C16H16BrNO3. The van der Waals surface area contributed by atoms with E-state index in [0.717, 1.165) is 21.2 Å². The lowest BCUT2D eigenvalue weighted by molar-refractivity contribution is -0.136. The highest BCUT2D eigenvalue weighted by atomic mass is 79.9. The van der Waals surface area contributed by atoms with Crippen LogP contribution in [0.25, 0.3) is 0 Å². The molecule has 0 radical (unpaired) electrons. The highest BCUT2D eigenvalue weighted by molar-refractivity contribution is 9.10. The molecule has 0 aromatic heterocycles. The van der Waals surface area contributed by atoms with Crippen molar-refractivity contribution in [3.8, 4) is 5.75 Å². The summed E-state index contributed by atoms with van der Waals surface area (Å²) in [5.74, 6) is -0.139. The van der Waals surface area contributed by atoms with E-state index in [1.54, 1.807) is 6.07 Å². The van der Waals surface area contributed by atoms with Crippen molar-refractivity contribution in [1.82, 2.24) is 0 Å². The number of benzene rings is 2. The summed E-state index contributed by atoms with van der Waals surface area (Å²) >= 11 is 3.40. The third kappa shape index (κ3) is 4.31. The number of ether oxygens (including phenoxy) is 1. The van der Waals surface area contributed by atoms with Gasteiger partial charge in [0.15, 0.2) is 0 Å². The fourth-order valence-corrected chi connectivity index (χ4v) is 2.45. The predicted molar refractivity (Wildman–Crippen MR) is 84.1 cm³/mol. The fourth-order valence-electron chi connectivity index (χ4n) is 2.04. The molecule has 5 heteroatoms. The van der Waals surface area contributed by atoms with E-state index >= 15 is 0 Å². The van der Waals surface area contributed by atoms with Crippen LogP contribution >= 0.6 is 15.9 Å². The normalized spacial score (nSPS) is 10.4. The van der Waals surface area contributed by atoms with Gasteiger partial charge < -0.3 is 15.6 Å². The van der Waals surface area contributed by atoms with E-state index < -0.39 is 5.97 Å². The average molecular weight is 350 g/mol. The van der Waals surface area contributed by atoms with Crippen LogP contribution in [0.4, 0.5) is 0 Å². The molecule has 0 aliphatic rings. The lowest BCUT2D eigenvalue weighted by Crippen LogP contribution is -2.07. The van der Waals surface area contributed by atoms with Crippen molar-refractivity contribution < 1.29 is 14.6 Å². The van der Waals surface area contributed by atoms with E-state index in [-0.39, 0.29) is 6.42 Å². The first-order chi connectivity index (χ1) is 10.1. The second-order valence-electron chi connectivity index (χ2n) is 4.58. The Morgan fingerprint density at radius 2 is 1.86 bits per heavy atom. The molecule has 0 amide bonds. The molecule has 2 rings (SSSR count). The third-order valence-corrected chi connectivity index (χ3v) is 3.58. The molecule has 110 valence electrons. The van der Waals surface area contributed by atoms with Crippen LogP contribution in [0.3, 0.4) is 0 Å². The van der Waals surface area contributed by atoms with Crippen LogP contribution in [0.15, 0.2) is 46.9 Å². The largest absolute Gasteiger partial charge is 0.489 e. The Hall–Kier alpha value is -1.85. The van der Waals surface area contributed by atoms with Gasteiger partial charge in [0, 0.05) is 16.6 Å². The van der Waals surface area contributed by atoms with Crippen LogP contribution in [0.2, 0.25) is 0 Å². The van der Waals surface area contributed by atoms with Crippen LogP contribution in [0, 0.1) is 0 Å². The van der Waals surface area contributed by atoms with Gasteiger partial charge >= 0.3 is 5.97 Å². The first-order valence-corrected chi connectivity index (χ1v) is 7.29. The van der Waals surface area contributed by atoms with Crippen LogP contribution in [-0.2, 0) is 24.4 Å². The van der Waals surface area contributed by atoms with Gasteiger partial charge in [-0.15, -0.1) is 0 Å². The van der Waals surface area contributed by atoms with Crippen molar-refractivity contribution in [2.75, 3.05) is 0 Å². The van der Waals surface area contributed by atoms with Crippen molar-refractivity contribution >= 4 is 21.9 Å². The minimum absolute atomic E-state index is 0.0103. The second-order valence-corrected chi connectivity index (χ2v) is 5.50. The lowest BCUT2D eigenvalue weighted by Gasteiger charge is -2.13. The average Bonchev–Trinajstić information content (AvgIpc) is 2.46. The van der Waals surface area contributed by atoms with Gasteiger partial charge in [-0.1, -0.05) is 40.2 Å². The molecule has 0 aliphatic heterocycles. The number of nitrogens with two attached hydrogens (primary N) is 1. The zero-order valence-electron chi connectivity index (χ0n) is 11.4. The van der Waals surface area contributed by atoms with E-state index in [2.05, 4.69) is 15.9 Å². The van der Waals surface area contributed by atoms with E-state index in [1.807, 2.05) is 36.4 Å². The monoisotopic (exact) mass is 349 g/mol. The molecule has 2 aromatic carbocycles. The van der Waals surface area contributed by atoms with E-state index in [4.69, 9.17) is 15.6 Å². The molecule has 0 unspecified atom stereocenters. The number of hydrogen-bond acceptors (Lipinski definition) is 3. The van der Waals surface area contributed by atoms with Gasteiger partial charge in [-0.05, 0) is 29.3 Å². The van der Waals surface area contributed by atoms with E-state index in [9.17, 15) is 4.79 Å². The maximum atomic E-state index is 10.9. The van der Waals surface area contributed by atoms with E-state index in [1.165, 1.54) is 0 Å². The first kappa shape index (κ1) is 15.5. The number of carboxylic acid groups (broad SMARTS) is 1. The molecule has 0 atom stereocenters. The Kier molecular flexibility index (Phi) is 5.36. The Morgan fingerprint density at radius 3 is 2.52 bits per heavy atom. The third-order valence-electron chi connectivity index (χ3n) is 3.09. The van der Waals surface area contributed by atoms with Crippen molar-refractivity contribution in [2.45, 2.75) is 19.6 Å². The van der Waals surface area contributed by atoms with Gasteiger partial charge in [0.25, 0.3) is 0 Å². The maximum Gasteiger partial charge on any atom is 0.307 e. The molecule has 0 saturated carbocycles. The Morgan fingerprint density at radius 1 is 1.14 bits per heavy atom. The van der Waals surface area contributed by atoms with Gasteiger partial charge in [0.05, 0.1) is 6.42 Å². The molecule has 0 spiro atoms. The van der Waals surface area contributed by atoms with Gasteiger partial charge in [0.1, 0.15) is 12.4 Å². The quantitative estimate of drug-likeness (QED) is 0.840. The summed E-state index contributed by atoms with van der Waals surface area (Å²) in [6.07, 6.45) is -0.0103. The number of hydrogen-bond donors (Lipinski definition) is 2. The molecular weight excluding hydrogens is 334 g/mol. The van der Waals surface area contributed by atoms with Crippen molar-refractivity contribution in [3.05, 3.63) is 63.6 Å². The zero-order valence-corrected chi connectivity index (χ0v) is 13.0. The zero-order chi connectivity index (χ0) is 15.2. The van der Waals surface area contributed by atoms with Gasteiger partial charge in [-0.3, -0.25) is 4.79 Å². The highest BCUT2D eigenvalue weighted by Crippen LogP contribution is 2.24. The number of carbonyl (C=O) groups is 1. The summed E-state index contributed by atoms with van der Waals surface area (Å²) in [4.78, 5) is 10.9. The number of aliphatic carboxylic acids is 1. The SMILES string of the molecule is NCc1cc(Br)ccc1OCc1ccccc1CC(=O)O. The minimum Gasteiger partial charge on any atom is -0.489 e. The van der Waals surface area contributed by atoms with Crippen molar-refractivity contribution in [3.63, 3.8) is 0 Å². The molecule has 0 aliphatic carbocycles. The summed E-state index contributed by atoms with van der Waals surface area (Å²) < 4.78 is 6.74. The highest BCUT2D eigenvalue weighted by Gasteiger charge is 2.08. The topological polar surface area (TPSA) is 72.5 Å². The lowest BCUT2D eigenvalue weighted by atomic mass is 10.1. The number of carboxylic acids is 1. The number of rotatable bonds is 6. The van der Waals surface area contributed by atoms with Gasteiger partial charge in [-0.25, -0.2) is 0 Å². The second kappa shape index (κ2) is 7.24. The molecule has 4 nitrogen and oxygen atoms in total. The Labute approximate surface area is 131 Å². The molecule has 21 heavy (non-hydrogen) atoms. The molecule has 0 bridgehead atoms. The maximum absolute atomic E-state index is 10.9. The van der Waals surface area contributed by atoms with Crippen LogP contribution in [-0.4, -0.2) is 11.1 Å². The molecule has 2 aromatic rings. The summed E-state index contributed by atoms with van der Waals surface area (Å²) in [7, 11) is 0. The Balaban J connectivity index is 2.15. The fraction of sp³-hybridized carbons (Fsp3) is 0.188. The minimum atomic E-state index is -0.853. The van der Waals surface area contributed by atoms with Crippen LogP contribution < -0.4 is 10.5 Å². The summed E-state index contributed by atoms with van der Waals surface area (Å²) in [6, 6.07) is 13.0. The predicted octanol–water partition coefficient (Wildman–Crippen LogP) is 3.11. The van der Waals surface area contributed by atoms with Gasteiger partial charge in [-0.2, -0.15) is 0 Å². The van der Waals surface area contributed by atoms with Crippen molar-refractivity contribution in [2.24, 2.45) is 5.73 Å². The van der Waals surface area contributed by atoms with Crippen LogP contribution in [0.5, 0.6) is 5.75 Å².